The molecule has 1 aromatic rings. The van der Waals surface area contributed by atoms with Crippen LogP contribution in [0.25, 0.3) is 5.57 Å². The molecule has 158 valence electrons. The topological polar surface area (TPSA) is 116 Å². The van der Waals surface area contributed by atoms with E-state index in [1.807, 2.05) is 31.3 Å². The number of allylic oxidation sites excluding steroid dienone is 1. The van der Waals surface area contributed by atoms with E-state index in [1.54, 1.807) is 0 Å². The summed E-state index contributed by atoms with van der Waals surface area (Å²) in [6, 6.07) is 6.23. The van der Waals surface area contributed by atoms with Gasteiger partial charge in [0.1, 0.15) is 6.54 Å². The van der Waals surface area contributed by atoms with E-state index >= 15 is 0 Å². The highest BCUT2D eigenvalue weighted by Crippen LogP contribution is 2.23. The van der Waals surface area contributed by atoms with Gasteiger partial charge >= 0.3 is 0 Å². The fourth-order valence-electron chi connectivity index (χ4n) is 3.18. The molecule has 8 nitrogen and oxygen atoms in total. The van der Waals surface area contributed by atoms with Crippen molar-refractivity contribution in [2.45, 2.75) is 32.2 Å². The van der Waals surface area contributed by atoms with E-state index in [0.29, 0.717) is 11.7 Å². The van der Waals surface area contributed by atoms with E-state index in [9.17, 15) is 4.79 Å². The third-order valence-corrected chi connectivity index (χ3v) is 5.03. The van der Waals surface area contributed by atoms with Crippen LogP contribution in [0.1, 0.15) is 30.9 Å². The standard InChI is InChI=1S/C21H32N6O2/c1-4-15-5-6-16(11-19(15)26-20(28)14-25-21(23)29-3)17(12-22)13-24-18-7-9-27(2)10-8-18/h5-6,11-13,18,22,24H,4,7-10,14H2,1-3H3,(H2,23,25)(H,26,28)/b17-13+,22-12?. The van der Waals surface area contributed by atoms with Crippen LogP contribution in [0.4, 0.5) is 5.69 Å². The fourth-order valence-corrected chi connectivity index (χ4v) is 3.18. The number of benzene rings is 1. The molecular formula is C21H32N6O2. The molecule has 1 aromatic carbocycles. The fraction of sp³-hybridized carbons (Fsp3) is 0.476. The summed E-state index contributed by atoms with van der Waals surface area (Å²) in [5, 5.41) is 14.1. The first-order valence-electron chi connectivity index (χ1n) is 9.89. The van der Waals surface area contributed by atoms with Gasteiger partial charge < -0.3 is 31.4 Å². The number of amidine groups is 1. The van der Waals surface area contributed by atoms with Crippen molar-refractivity contribution in [3.8, 4) is 0 Å². The number of hydrogen-bond donors (Lipinski definition) is 4. The monoisotopic (exact) mass is 400 g/mol. The number of piperidine rings is 1. The minimum absolute atomic E-state index is 0.0291. The molecule has 0 bridgehead atoms. The second kappa shape index (κ2) is 11.2. The number of rotatable bonds is 8. The molecule has 1 amide bonds. The first-order chi connectivity index (χ1) is 14.0. The minimum Gasteiger partial charge on any atom is -0.469 e. The maximum Gasteiger partial charge on any atom is 0.282 e. The number of methoxy groups -OCH3 is 1. The van der Waals surface area contributed by atoms with Gasteiger partial charge in [-0.1, -0.05) is 19.1 Å². The molecule has 0 radical (unpaired) electrons. The molecule has 1 aliphatic rings. The molecule has 0 aromatic heterocycles. The summed E-state index contributed by atoms with van der Waals surface area (Å²) in [6.45, 7) is 4.06. The zero-order valence-corrected chi connectivity index (χ0v) is 17.5. The molecule has 0 saturated carbocycles. The highest BCUT2D eigenvalue weighted by atomic mass is 16.5. The summed E-state index contributed by atoms with van der Waals surface area (Å²) in [6.07, 6.45) is 6.17. The summed E-state index contributed by atoms with van der Waals surface area (Å²) < 4.78 is 4.75. The Balaban J connectivity index is 2.13. The van der Waals surface area contributed by atoms with E-state index in [-0.39, 0.29) is 18.5 Å². The largest absolute Gasteiger partial charge is 0.469 e. The van der Waals surface area contributed by atoms with Crippen LogP contribution in [-0.2, 0) is 16.0 Å². The van der Waals surface area contributed by atoms with Crippen LogP contribution in [0.3, 0.4) is 0 Å². The van der Waals surface area contributed by atoms with Gasteiger partial charge in [-0.2, -0.15) is 0 Å². The molecule has 1 saturated heterocycles. The zero-order chi connectivity index (χ0) is 21.2. The van der Waals surface area contributed by atoms with Crippen molar-refractivity contribution < 1.29 is 9.53 Å². The lowest BCUT2D eigenvalue weighted by molar-refractivity contribution is -0.114. The predicted octanol–water partition coefficient (Wildman–Crippen LogP) is 1.82. The summed E-state index contributed by atoms with van der Waals surface area (Å²) in [5.41, 5.74) is 8.82. The number of anilines is 1. The Bertz CT molecular complexity index is 766. The lowest BCUT2D eigenvalue weighted by Crippen LogP contribution is -2.38. The van der Waals surface area contributed by atoms with Crippen molar-refractivity contribution >= 4 is 29.4 Å². The molecule has 1 aliphatic heterocycles. The SMILES string of the molecule is CCc1ccc(/C(C=N)=C/NC2CCN(C)CC2)cc1NC(=O)C/N=C(/N)OC. The van der Waals surface area contributed by atoms with Crippen LogP contribution < -0.4 is 16.4 Å². The van der Waals surface area contributed by atoms with Gasteiger partial charge in [0.05, 0.1) is 7.11 Å². The molecule has 0 spiro atoms. The van der Waals surface area contributed by atoms with E-state index in [4.69, 9.17) is 15.9 Å². The third kappa shape index (κ3) is 6.90. The quantitative estimate of drug-likeness (QED) is 0.392. The first-order valence-corrected chi connectivity index (χ1v) is 9.89. The number of carbonyl (C=O) groups is 1. The van der Waals surface area contributed by atoms with Crippen molar-refractivity contribution in [1.29, 1.82) is 5.41 Å². The summed E-state index contributed by atoms with van der Waals surface area (Å²) in [5.74, 6) is -0.276. The van der Waals surface area contributed by atoms with Crippen molar-refractivity contribution in [1.82, 2.24) is 10.2 Å². The number of ether oxygens (including phenoxy) is 1. The Labute approximate surface area is 172 Å². The van der Waals surface area contributed by atoms with Gasteiger partial charge in [0.15, 0.2) is 0 Å². The average molecular weight is 401 g/mol. The summed E-state index contributed by atoms with van der Waals surface area (Å²) in [4.78, 5) is 18.4. The number of hydrogen-bond acceptors (Lipinski definition) is 6. The van der Waals surface area contributed by atoms with Crippen LogP contribution in [-0.4, -0.2) is 62.9 Å². The van der Waals surface area contributed by atoms with Gasteiger partial charge in [0.2, 0.25) is 5.91 Å². The number of aryl methyl sites for hydroxylation is 1. The second-order valence-corrected chi connectivity index (χ2v) is 7.12. The lowest BCUT2D eigenvalue weighted by Gasteiger charge is -2.29. The lowest BCUT2D eigenvalue weighted by atomic mass is 10.0. The zero-order valence-electron chi connectivity index (χ0n) is 17.5. The summed E-state index contributed by atoms with van der Waals surface area (Å²) >= 11 is 0. The number of nitrogens with one attached hydrogen (secondary N) is 3. The average Bonchev–Trinajstić information content (AvgIpc) is 2.74. The maximum absolute atomic E-state index is 12.2. The number of likely N-dealkylation sites (tertiary alicyclic amines) is 1. The Morgan fingerprint density at radius 1 is 1.41 bits per heavy atom. The van der Waals surface area contributed by atoms with E-state index < -0.39 is 0 Å². The molecule has 2 rings (SSSR count). The van der Waals surface area contributed by atoms with E-state index in [0.717, 1.165) is 49.1 Å². The number of nitrogens with zero attached hydrogens (tertiary/aromatic N) is 2. The van der Waals surface area contributed by atoms with Gasteiger partial charge in [-0.25, -0.2) is 4.99 Å². The smallest absolute Gasteiger partial charge is 0.282 e. The number of carbonyl (C=O) groups excluding carboxylic acids is 1. The van der Waals surface area contributed by atoms with Crippen LogP contribution in [0.15, 0.2) is 29.4 Å². The third-order valence-electron chi connectivity index (χ3n) is 5.03. The van der Waals surface area contributed by atoms with Gasteiger partial charge in [-0.05, 0) is 56.6 Å². The normalized spacial score (nSPS) is 16.4. The maximum atomic E-state index is 12.2. The molecule has 0 atom stereocenters. The minimum atomic E-state index is -0.276. The molecule has 1 heterocycles. The van der Waals surface area contributed by atoms with E-state index in [2.05, 4.69) is 27.6 Å². The van der Waals surface area contributed by atoms with Crippen molar-refractivity contribution in [3.05, 3.63) is 35.5 Å². The van der Waals surface area contributed by atoms with Crippen LogP contribution in [0.2, 0.25) is 0 Å². The summed E-state index contributed by atoms with van der Waals surface area (Å²) in [7, 11) is 3.54. The highest BCUT2D eigenvalue weighted by molar-refractivity contribution is 6.08. The Morgan fingerprint density at radius 2 is 2.14 bits per heavy atom. The van der Waals surface area contributed by atoms with Crippen LogP contribution >= 0.6 is 0 Å². The molecule has 1 fully saturated rings. The van der Waals surface area contributed by atoms with Gasteiger partial charge in [0.25, 0.3) is 6.02 Å². The van der Waals surface area contributed by atoms with Crippen molar-refractivity contribution in [2.24, 2.45) is 10.7 Å². The van der Waals surface area contributed by atoms with Crippen LogP contribution in [0, 0.1) is 5.41 Å². The van der Waals surface area contributed by atoms with Gasteiger partial charge in [-0.3, -0.25) is 4.79 Å². The Kier molecular flexibility index (Phi) is 8.67. The van der Waals surface area contributed by atoms with Gasteiger partial charge in [-0.15, -0.1) is 0 Å². The number of nitrogens with two attached hydrogens (primary N) is 1. The molecule has 8 heteroatoms. The van der Waals surface area contributed by atoms with Crippen LogP contribution in [0.5, 0.6) is 0 Å². The Hall–Kier alpha value is -2.87. The molecule has 0 unspecified atom stereocenters. The second-order valence-electron chi connectivity index (χ2n) is 7.12. The number of aliphatic imine (C=N–C) groups is 1. The molecule has 0 aliphatic carbocycles. The molecule has 29 heavy (non-hydrogen) atoms. The van der Waals surface area contributed by atoms with E-state index in [1.165, 1.54) is 13.3 Å². The Morgan fingerprint density at radius 3 is 2.76 bits per heavy atom. The van der Waals surface area contributed by atoms with Crippen molar-refractivity contribution in [3.63, 3.8) is 0 Å². The number of amides is 1. The predicted molar refractivity (Wildman–Crippen MR) is 118 cm³/mol. The highest BCUT2D eigenvalue weighted by Gasteiger charge is 2.15. The van der Waals surface area contributed by atoms with Crippen molar-refractivity contribution in [2.75, 3.05) is 39.1 Å². The molecule has 5 N–H and O–H groups in total. The molecular weight excluding hydrogens is 368 g/mol. The van der Waals surface area contributed by atoms with Gasteiger partial charge in [0, 0.05) is 29.7 Å². The first kappa shape index (κ1) is 22.4.